The molecule has 0 radical (unpaired) electrons. The SMILES string of the molecule is C[C@@H](NC(=O)CCn1ccc2ccccc21)c1ncn[nH]1. The Bertz CT molecular complexity index is 731. The molecule has 6 nitrogen and oxygen atoms in total. The van der Waals surface area contributed by atoms with E-state index < -0.39 is 0 Å². The maximum atomic E-state index is 12.0. The Morgan fingerprint density at radius 2 is 2.24 bits per heavy atom. The molecule has 2 N–H and O–H groups in total. The van der Waals surface area contributed by atoms with Crippen molar-refractivity contribution in [2.24, 2.45) is 0 Å². The van der Waals surface area contributed by atoms with Crippen molar-refractivity contribution in [1.29, 1.82) is 0 Å². The normalized spacial score (nSPS) is 12.4. The quantitative estimate of drug-likeness (QED) is 0.752. The summed E-state index contributed by atoms with van der Waals surface area (Å²) in [6.45, 7) is 2.53. The molecule has 3 rings (SSSR count). The molecular formula is C15H17N5O. The van der Waals surface area contributed by atoms with Crippen LogP contribution < -0.4 is 5.32 Å². The van der Waals surface area contributed by atoms with Gasteiger partial charge in [0.05, 0.1) is 6.04 Å². The highest BCUT2D eigenvalue weighted by atomic mass is 16.1. The van der Waals surface area contributed by atoms with Crippen LogP contribution in [0.15, 0.2) is 42.9 Å². The van der Waals surface area contributed by atoms with E-state index in [9.17, 15) is 4.79 Å². The summed E-state index contributed by atoms with van der Waals surface area (Å²) in [7, 11) is 0. The second-order valence-electron chi connectivity index (χ2n) is 4.98. The lowest BCUT2D eigenvalue weighted by molar-refractivity contribution is -0.122. The minimum Gasteiger partial charge on any atom is -0.347 e. The lowest BCUT2D eigenvalue weighted by Gasteiger charge is -2.11. The molecule has 2 heterocycles. The zero-order valence-corrected chi connectivity index (χ0v) is 11.8. The molecule has 21 heavy (non-hydrogen) atoms. The fourth-order valence-electron chi connectivity index (χ4n) is 2.36. The van der Waals surface area contributed by atoms with Gasteiger partial charge in [0.2, 0.25) is 5.91 Å². The molecule has 0 aliphatic heterocycles. The van der Waals surface area contributed by atoms with Crippen molar-refractivity contribution in [3.05, 3.63) is 48.7 Å². The van der Waals surface area contributed by atoms with Gasteiger partial charge in [0, 0.05) is 24.7 Å². The largest absolute Gasteiger partial charge is 0.347 e. The summed E-state index contributed by atoms with van der Waals surface area (Å²) in [6, 6.07) is 10.0. The van der Waals surface area contributed by atoms with E-state index in [1.807, 2.05) is 25.3 Å². The van der Waals surface area contributed by atoms with Crippen molar-refractivity contribution >= 4 is 16.8 Å². The Balaban J connectivity index is 1.58. The number of benzene rings is 1. The van der Waals surface area contributed by atoms with Crippen LogP contribution in [0.1, 0.15) is 25.2 Å². The molecule has 6 heteroatoms. The molecule has 0 spiro atoms. The highest BCUT2D eigenvalue weighted by Crippen LogP contribution is 2.15. The highest BCUT2D eigenvalue weighted by molar-refractivity contribution is 5.80. The summed E-state index contributed by atoms with van der Waals surface area (Å²) in [4.78, 5) is 16.0. The Hall–Kier alpha value is -2.63. The van der Waals surface area contributed by atoms with Crippen molar-refractivity contribution in [3.63, 3.8) is 0 Å². The Labute approximate surface area is 122 Å². The maximum Gasteiger partial charge on any atom is 0.222 e. The van der Waals surface area contributed by atoms with Gasteiger partial charge in [-0.1, -0.05) is 18.2 Å². The Kier molecular flexibility index (Phi) is 3.68. The average molecular weight is 283 g/mol. The third kappa shape index (κ3) is 2.94. The minimum atomic E-state index is -0.165. The summed E-state index contributed by atoms with van der Waals surface area (Å²) in [5.41, 5.74) is 1.15. The van der Waals surface area contributed by atoms with Crippen LogP contribution >= 0.6 is 0 Å². The maximum absolute atomic E-state index is 12.0. The summed E-state index contributed by atoms with van der Waals surface area (Å²) in [5.74, 6) is 0.659. The molecule has 0 saturated carbocycles. The second kappa shape index (κ2) is 5.78. The van der Waals surface area contributed by atoms with Crippen LogP contribution in [0.3, 0.4) is 0 Å². The first-order valence-electron chi connectivity index (χ1n) is 6.92. The zero-order chi connectivity index (χ0) is 14.7. The molecule has 0 aliphatic rings. The number of nitrogens with one attached hydrogen (secondary N) is 2. The molecule has 0 saturated heterocycles. The van der Waals surface area contributed by atoms with Crippen LogP contribution in [-0.4, -0.2) is 25.7 Å². The number of nitrogens with zero attached hydrogens (tertiary/aromatic N) is 3. The zero-order valence-electron chi connectivity index (χ0n) is 11.8. The molecule has 0 fully saturated rings. The van der Waals surface area contributed by atoms with Crippen molar-refractivity contribution in [1.82, 2.24) is 25.1 Å². The smallest absolute Gasteiger partial charge is 0.222 e. The molecule has 108 valence electrons. The van der Waals surface area contributed by atoms with Gasteiger partial charge >= 0.3 is 0 Å². The first-order valence-corrected chi connectivity index (χ1v) is 6.92. The number of aromatic nitrogens is 4. The van der Waals surface area contributed by atoms with Gasteiger partial charge in [-0.05, 0) is 24.4 Å². The number of amides is 1. The molecular weight excluding hydrogens is 266 g/mol. The van der Waals surface area contributed by atoms with E-state index in [1.165, 1.54) is 11.7 Å². The van der Waals surface area contributed by atoms with E-state index in [0.717, 1.165) is 5.52 Å². The molecule has 1 atom stereocenters. The number of carbonyl (C=O) groups is 1. The lowest BCUT2D eigenvalue weighted by Crippen LogP contribution is -2.28. The van der Waals surface area contributed by atoms with Crippen LogP contribution in [0.5, 0.6) is 0 Å². The van der Waals surface area contributed by atoms with Gasteiger partial charge in [0.1, 0.15) is 12.2 Å². The van der Waals surface area contributed by atoms with Crippen molar-refractivity contribution in [3.8, 4) is 0 Å². The van der Waals surface area contributed by atoms with Gasteiger partial charge in [-0.25, -0.2) is 4.98 Å². The van der Waals surface area contributed by atoms with E-state index in [0.29, 0.717) is 18.8 Å². The average Bonchev–Trinajstić information content (AvgIpc) is 3.15. The van der Waals surface area contributed by atoms with Crippen LogP contribution in [0, 0.1) is 0 Å². The predicted molar refractivity (Wildman–Crippen MR) is 79.5 cm³/mol. The van der Waals surface area contributed by atoms with Gasteiger partial charge < -0.3 is 9.88 Å². The van der Waals surface area contributed by atoms with E-state index in [1.54, 1.807) is 0 Å². The topological polar surface area (TPSA) is 75.6 Å². The van der Waals surface area contributed by atoms with E-state index in [-0.39, 0.29) is 11.9 Å². The van der Waals surface area contributed by atoms with Crippen LogP contribution in [-0.2, 0) is 11.3 Å². The monoisotopic (exact) mass is 283 g/mol. The van der Waals surface area contributed by atoms with Crippen LogP contribution in [0.4, 0.5) is 0 Å². The fourth-order valence-corrected chi connectivity index (χ4v) is 2.36. The van der Waals surface area contributed by atoms with Gasteiger partial charge in [-0.3, -0.25) is 9.89 Å². The number of aryl methyl sites for hydroxylation is 1. The van der Waals surface area contributed by atoms with Gasteiger partial charge in [0.15, 0.2) is 0 Å². The molecule has 0 aliphatic carbocycles. The number of carbonyl (C=O) groups excluding carboxylic acids is 1. The fraction of sp³-hybridized carbons (Fsp3) is 0.267. The van der Waals surface area contributed by atoms with E-state index >= 15 is 0 Å². The first kappa shape index (κ1) is 13.4. The third-order valence-electron chi connectivity index (χ3n) is 3.48. The van der Waals surface area contributed by atoms with Gasteiger partial charge in [-0.2, -0.15) is 5.10 Å². The Morgan fingerprint density at radius 1 is 1.38 bits per heavy atom. The standard InChI is InChI=1S/C15H17N5O/c1-11(15-16-10-17-19-15)18-14(21)7-9-20-8-6-12-4-2-3-5-13(12)20/h2-6,8,10-11H,7,9H2,1H3,(H,18,21)(H,16,17,19)/t11-/m1/s1. The summed E-state index contributed by atoms with van der Waals surface area (Å²) < 4.78 is 2.09. The van der Waals surface area contributed by atoms with Crippen molar-refractivity contribution in [2.45, 2.75) is 25.9 Å². The second-order valence-corrected chi connectivity index (χ2v) is 4.98. The van der Waals surface area contributed by atoms with Crippen molar-refractivity contribution in [2.75, 3.05) is 0 Å². The third-order valence-corrected chi connectivity index (χ3v) is 3.48. The van der Waals surface area contributed by atoms with Gasteiger partial charge in [-0.15, -0.1) is 0 Å². The highest BCUT2D eigenvalue weighted by Gasteiger charge is 2.12. The van der Waals surface area contributed by atoms with Gasteiger partial charge in [0.25, 0.3) is 0 Å². The number of hydrogen-bond acceptors (Lipinski definition) is 3. The molecule has 0 bridgehead atoms. The molecule has 0 unspecified atom stereocenters. The van der Waals surface area contributed by atoms with E-state index in [2.05, 4.69) is 43.3 Å². The molecule has 1 amide bonds. The van der Waals surface area contributed by atoms with Crippen LogP contribution in [0.25, 0.3) is 10.9 Å². The van der Waals surface area contributed by atoms with Crippen LogP contribution in [0.2, 0.25) is 0 Å². The number of rotatable bonds is 5. The minimum absolute atomic E-state index is 0.00307. The number of aromatic amines is 1. The summed E-state index contributed by atoms with van der Waals surface area (Å²) in [6.07, 6.45) is 3.87. The van der Waals surface area contributed by atoms with Crippen molar-refractivity contribution < 1.29 is 4.79 Å². The predicted octanol–water partition coefficient (Wildman–Crippen LogP) is 2.03. The number of para-hydroxylation sites is 1. The summed E-state index contributed by atoms with van der Waals surface area (Å²) >= 11 is 0. The molecule has 1 aromatic carbocycles. The number of H-pyrrole nitrogens is 1. The van der Waals surface area contributed by atoms with E-state index in [4.69, 9.17) is 0 Å². The number of fused-ring (bicyclic) bond motifs is 1. The lowest BCUT2D eigenvalue weighted by atomic mass is 10.2. The Morgan fingerprint density at radius 3 is 3.05 bits per heavy atom. The first-order chi connectivity index (χ1) is 10.2. The summed E-state index contributed by atoms with van der Waals surface area (Å²) in [5, 5.41) is 10.6. The molecule has 3 aromatic rings. The molecule has 2 aromatic heterocycles. The number of hydrogen-bond donors (Lipinski definition) is 2.